The largest absolute Gasteiger partial charge is 0.382 e. The molecule has 0 aromatic heterocycles. The van der Waals surface area contributed by atoms with Gasteiger partial charge in [0.25, 0.3) is 0 Å². The fourth-order valence-corrected chi connectivity index (χ4v) is 6.58. The third-order valence-electron chi connectivity index (χ3n) is 8.77. The molecule has 0 unspecified atom stereocenters. The van der Waals surface area contributed by atoms with E-state index in [1.54, 1.807) is 0 Å². The van der Waals surface area contributed by atoms with Crippen molar-refractivity contribution in [3.63, 3.8) is 0 Å². The van der Waals surface area contributed by atoms with Crippen molar-refractivity contribution < 1.29 is 14.2 Å². The van der Waals surface area contributed by atoms with E-state index in [0.717, 1.165) is 39.3 Å². The van der Waals surface area contributed by atoms with Crippen LogP contribution in [0.4, 0.5) is 0 Å². The fourth-order valence-electron chi connectivity index (χ4n) is 6.58. The van der Waals surface area contributed by atoms with E-state index in [9.17, 15) is 0 Å². The van der Waals surface area contributed by atoms with E-state index in [1.807, 2.05) is 0 Å². The number of hydrogen-bond donors (Lipinski definition) is 0. The number of rotatable bonds is 10. The summed E-state index contributed by atoms with van der Waals surface area (Å²) >= 11 is 0. The zero-order chi connectivity index (χ0) is 24.9. The summed E-state index contributed by atoms with van der Waals surface area (Å²) in [7, 11) is 0. The van der Waals surface area contributed by atoms with Crippen LogP contribution in [0.2, 0.25) is 0 Å². The molecule has 0 heterocycles. The lowest BCUT2D eigenvalue weighted by molar-refractivity contribution is -0.190. The first-order chi connectivity index (χ1) is 17.2. The molecule has 2 fully saturated rings. The lowest BCUT2D eigenvalue weighted by Gasteiger charge is -2.46. The SMILES string of the molecule is CCOCCC1(OC2(CCOCC)CCCCCCCCCCC2)CCCCCCCCCCC1. The molecule has 3 nitrogen and oxygen atoms in total. The van der Waals surface area contributed by atoms with Gasteiger partial charge in [-0.05, 0) is 52.4 Å². The Morgan fingerprint density at radius 3 is 0.914 bits per heavy atom. The smallest absolute Gasteiger partial charge is 0.0712 e. The molecule has 0 amide bonds. The van der Waals surface area contributed by atoms with Crippen LogP contribution in [0.1, 0.15) is 168 Å². The second-order valence-electron chi connectivity index (χ2n) is 11.7. The highest BCUT2D eigenvalue weighted by molar-refractivity contribution is 4.90. The average molecular weight is 495 g/mol. The van der Waals surface area contributed by atoms with Crippen LogP contribution in [0, 0.1) is 0 Å². The van der Waals surface area contributed by atoms with Gasteiger partial charge in [-0.15, -0.1) is 0 Å². The van der Waals surface area contributed by atoms with Gasteiger partial charge in [-0.1, -0.05) is 116 Å². The van der Waals surface area contributed by atoms with E-state index in [0.29, 0.717) is 0 Å². The Hall–Kier alpha value is -0.120. The van der Waals surface area contributed by atoms with Crippen molar-refractivity contribution in [2.24, 2.45) is 0 Å². The molecule has 35 heavy (non-hydrogen) atoms. The van der Waals surface area contributed by atoms with E-state index in [4.69, 9.17) is 14.2 Å². The quantitative estimate of drug-likeness (QED) is 0.283. The molecule has 0 radical (unpaired) electrons. The normalized spacial score (nSPS) is 23.8. The lowest BCUT2D eigenvalue weighted by atomic mass is 9.81. The Morgan fingerprint density at radius 2 is 0.657 bits per heavy atom. The molecular formula is C32H62O3. The highest BCUT2D eigenvalue weighted by Crippen LogP contribution is 2.41. The first-order valence-electron chi connectivity index (χ1n) is 16.1. The predicted octanol–water partition coefficient (Wildman–Crippen LogP) is 9.94. The van der Waals surface area contributed by atoms with Crippen molar-refractivity contribution in [1.29, 1.82) is 0 Å². The minimum atomic E-state index is -0.0162. The molecule has 2 saturated carbocycles. The topological polar surface area (TPSA) is 27.7 Å². The fraction of sp³-hybridized carbons (Fsp3) is 1.00. The Labute approximate surface area is 219 Å². The van der Waals surface area contributed by atoms with E-state index in [1.165, 1.54) is 141 Å². The summed E-state index contributed by atoms with van der Waals surface area (Å²) in [6.07, 6.45) is 31.9. The van der Waals surface area contributed by atoms with E-state index in [2.05, 4.69) is 13.8 Å². The maximum atomic E-state index is 7.65. The van der Waals surface area contributed by atoms with Gasteiger partial charge in [0, 0.05) is 26.4 Å². The first kappa shape index (κ1) is 31.1. The minimum Gasteiger partial charge on any atom is -0.382 e. The first-order valence-corrected chi connectivity index (χ1v) is 16.1. The van der Waals surface area contributed by atoms with Crippen molar-refractivity contribution in [2.45, 2.75) is 179 Å². The highest BCUT2D eigenvalue weighted by Gasteiger charge is 2.40. The Bertz CT molecular complexity index is 411. The van der Waals surface area contributed by atoms with Crippen LogP contribution in [0.25, 0.3) is 0 Å². The standard InChI is InChI=1S/C32H62O3/c1-3-33-29-27-31(23-19-15-11-7-5-8-12-16-20-24-31)35-32(28-30-34-4-2)25-21-17-13-9-6-10-14-18-22-26-32/h3-30H2,1-2H3. The van der Waals surface area contributed by atoms with Gasteiger partial charge in [0.05, 0.1) is 11.2 Å². The molecule has 0 aliphatic heterocycles. The molecule has 0 aromatic carbocycles. The van der Waals surface area contributed by atoms with Crippen molar-refractivity contribution in [3.05, 3.63) is 0 Å². The van der Waals surface area contributed by atoms with Gasteiger partial charge in [-0.25, -0.2) is 0 Å². The van der Waals surface area contributed by atoms with Crippen LogP contribution in [0.15, 0.2) is 0 Å². The van der Waals surface area contributed by atoms with Crippen LogP contribution in [0.3, 0.4) is 0 Å². The molecule has 0 bridgehead atoms. The van der Waals surface area contributed by atoms with E-state index in [-0.39, 0.29) is 11.2 Å². The van der Waals surface area contributed by atoms with Gasteiger partial charge in [-0.3, -0.25) is 0 Å². The van der Waals surface area contributed by atoms with Crippen molar-refractivity contribution in [3.8, 4) is 0 Å². The molecule has 0 spiro atoms. The Kier molecular flexibility index (Phi) is 17.7. The second-order valence-corrected chi connectivity index (χ2v) is 11.7. The molecular weight excluding hydrogens is 432 g/mol. The third kappa shape index (κ3) is 13.8. The zero-order valence-electron chi connectivity index (χ0n) is 24.0. The van der Waals surface area contributed by atoms with Crippen LogP contribution < -0.4 is 0 Å². The molecule has 0 aromatic rings. The van der Waals surface area contributed by atoms with Crippen LogP contribution in [0.5, 0.6) is 0 Å². The average Bonchev–Trinajstić information content (AvgIpc) is 2.84. The van der Waals surface area contributed by atoms with Gasteiger partial charge < -0.3 is 14.2 Å². The van der Waals surface area contributed by atoms with Crippen molar-refractivity contribution in [2.75, 3.05) is 26.4 Å². The number of ether oxygens (including phenoxy) is 3. The lowest BCUT2D eigenvalue weighted by Crippen LogP contribution is -2.46. The van der Waals surface area contributed by atoms with Crippen LogP contribution in [-0.2, 0) is 14.2 Å². The molecule has 3 heteroatoms. The minimum absolute atomic E-state index is 0.0162. The molecule has 2 aliphatic rings. The predicted molar refractivity (Wildman–Crippen MR) is 150 cm³/mol. The summed E-state index contributed by atoms with van der Waals surface area (Å²) in [5, 5.41) is 0. The summed E-state index contributed by atoms with van der Waals surface area (Å²) in [5.41, 5.74) is -0.0324. The van der Waals surface area contributed by atoms with Crippen LogP contribution >= 0.6 is 0 Å². The number of hydrogen-bond acceptors (Lipinski definition) is 3. The van der Waals surface area contributed by atoms with Crippen molar-refractivity contribution in [1.82, 2.24) is 0 Å². The molecule has 0 N–H and O–H groups in total. The summed E-state index contributed by atoms with van der Waals surface area (Å²) in [6.45, 7) is 7.57. The van der Waals surface area contributed by atoms with Gasteiger partial charge in [-0.2, -0.15) is 0 Å². The van der Waals surface area contributed by atoms with Crippen LogP contribution in [-0.4, -0.2) is 37.6 Å². The van der Waals surface area contributed by atoms with E-state index < -0.39 is 0 Å². The maximum absolute atomic E-state index is 7.65. The second kappa shape index (κ2) is 19.9. The molecule has 208 valence electrons. The van der Waals surface area contributed by atoms with Gasteiger partial charge in [0.15, 0.2) is 0 Å². The molecule has 0 atom stereocenters. The zero-order valence-corrected chi connectivity index (χ0v) is 24.0. The molecule has 2 aliphatic carbocycles. The molecule has 2 rings (SSSR count). The molecule has 0 saturated heterocycles. The monoisotopic (exact) mass is 494 g/mol. The maximum Gasteiger partial charge on any atom is 0.0712 e. The highest BCUT2D eigenvalue weighted by atomic mass is 16.5. The Morgan fingerprint density at radius 1 is 0.400 bits per heavy atom. The Balaban J connectivity index is 2.24. The summed E-state index contributed by atoms with van der Waals surface area (Å²) in [6, 6.07) is 0. The van der Waals surface area contributed by atoms with E-state index >= 15 is 0 Å². The summed E-state index contributed by atoms with van der Waals surface area (Å²) < 4.78 is 19.6. The third-order valence-corrected chi connectivity index (χ3v) is 8.77. The van der Waals surface area contributed by atoms with Gasteiger partial charge >= 0.3 is 0 Å². The van der Waals surface area contributed by atoms with Gasteiger partial charge in [0.1, 0.15) is 0 Å². The summed E-state index contributed by atoms with van der Waals surface area (Å²) in [5.74, 6) is 0. The van der Waals surface area contributed by atoms with Gasteiger partial charge in [0.2, 0.25) is 0 Å². The summed E-state index contributed by atoms with van der Waals surface area (Å²) in [4.78, 5) is 0. The van der Waals surface area contributed by atoms with Crippen molar-refractivity contribution >= 4 is 0 Å².